The molecular formula is C15H14N4OS. The number of thiazole rings is 1. The third-order valence-corrected chi connectivity index (χ3v) is 4.62. The molecule has 4 rings (SSSR count). The lowest BCUT2D eigenvalue weighted by Gasteiger charge is -1.98. The normalized spacial score (nSPS) is 14.5. The zero-order chi connectivity index (χ0) is 14.2. The summed E-state index contributed by atoms with van der Waals surface area (Å²) in [6.45, 7) is 0.434. The number of hydrogen-bond donors (Lipinski definition) is 2. The van der Waals surface area contributed by atoms with Crippen LogP contribution in [0, 0.1) is 0 Å². The molecule has 0 atom stereocenters. The number of carbonyl (C=O) groups excluding carboxylic acids is 1. The van der Waals surface area contributed by atoms with Gasteiger partial charge in [0.15, 0.2) is 0 Å². The SMILES string of the molecule is O=C(NCc1nc2ccccc2s1)c1cc(C2CC2)[nH]n1. The third-order valence-electron chi connectivity index (χ3n) is 3.59. The highest BCUT2D eigenvalue weighted by Gasteiger charge is 2.26. The fourth-order valence-electron chi connectivity index (χ4n) is 2.30. The zero-order valence-corrected chi connectivity index (χ0v) is 12.1. The summed E-state index contributed by atoms with van der Waals surface area (Å²) in [5.74, 6) is 0.417. The molecule has 0 bridgehead atoms. The van der Waals surface area contributed by atoms with Crippen LogP contribution in [0.3, 0.4) is 0 Å². The van der Waals surface area contributed by atoms with Crippen LogP contribution in [0.15, 0.2) is 30.3 Å². The lowest BCUT2D eigenvalue weighted by atomic mass is 10.2. The molecule has 0 unspecified atom stereocenters. The van der Waals surface area contributed by atoms with Crippen molar-refractivity contribution < 1.29 is 4.79 Å². The van der Waals surface area contributed by atoms with Crippen LogP contribution in [0.2, 0.25) is 0 Å². The number of fused-ring (bicyclic) bond motifs is 1. The molecule has 0 saturated heterocycles. The number of H-pyrrole nitrogens is 1. The highest BCUT2D eigenvalue weighted by molar-refractivity contribution is 7.18. The molecule has 1 aliphatic rings. The van der Waals surface area contributed by atoms with E-state index in [1.54, 1.807) is 11.3 Å². The number of nitrogens with one attached hydrogen (secondary N) is 2. The van der Waals surface area contributed by atoms with Gasteiger partial charge in [-0.1, -0.05) is 12.1 Å². The summed E-state index contributed by atoms with van der Waals surface area (Å²) < 4.78 is 1.14. The molecule has 0 aliphatic heterocycles. The fourth-order valence-corrected chi connectivity index (χ4v) is 3.21. The Balaban J connectivity index is 1.44. The van der Waals surface area contributed by atoms with E-state index in [4.69, 9.17) is 0 Å². The van der Waals surface area contributed by atoms with Gasteiger partial charge in [0.25, 0.3) is 5.91 Å². The van der Waals surface area contributed by atoms with Crippen LogP contribution in [0.5, 0.6) is 0 Å². The van der Waals surface area contributed by atoms with Gasteiger partial charge in [0.05, 0.1) is 16.8 Å². The highest BCUT2D eigenvalue weighted by Crippen LogP contribution is 2.38. The van der Waals surface area contributed by atoms with Crippen LogP contribution < -0.4 is 5.32 Å². The minimum Gasteiger partial charge on any atom is -0.344 e. The largest absolute Gasteiger partial charge is 0.344 e. The lowest BCUT2D eigenvalue weighted by molar-refractivity contribution is 0.0946. The van der Waals surface area contributed by atoms with E-state index in [-0.39, 0.29) is 5.91 Å². The Morgan fingerprint density at radius 2 is 2.24 bits per heavy atom. The summed E-state index contributed by atoms with van der Waals surface area (Å²) in [6, 6.07) is 9.83. The molecule has 0 radical (unpaired) electrons. The fraction of sp³-hybridized carbons (Fsp3) is 0.267. The summed E-state index contributed by atoms with van der Waals surface area (Å²) in [4.78, 5) is 16.6. The molecule has 1 aliphatic carbocycles. The maximum atomic E-state index is 12.1. The van der Waals surface area contributed by atoms with Crippen LogP contribution in [-0.2, 0) is 6.54 Å². The van der Waals surface area contributed by atoms with Gasteiger partial charge in [-0.3, -0.25) is 9.89 Å². The van der Waals surface area contributed by atoms with Gasteiger partial charge >= 0.3 is 0 Å². The van der Waals surface area contributed by atoms with E-state index in [0.29, 0.717) is 18.2 Å². The molecule has 21 heavy (non-hydrogen) atoms. The number of benzene rings is 1. The molecule has 6 heteroatoms. The number of para-hydroxylation sites is 1. The topological polar surface area (TPSA) is 70.7 Å². The molecule has 2 aromatic heterocycles. The number of amides is 1. The quantitative estimate of drug-likeness (QED) is 0.778. The number of carbonyl (C=O) groups is 1. The first-order valence-corrected chi connectivity index (χ1v) is 7.79. The molecule has 3 aromatic rings. The van der Waals surface area contributed by atoms with Gasteiger partial charge in [0.1, 0.15) is 10.7 Å². The van der Waals surface area contributed by atoms with Crippen LogP contribution in [-0.4, -0.2) is 21.1 Å². The van der Waals surface area contributed by atoms with Gasteiger partial charge in [0, 0.05) is 11.6 Å². The van der Waals surface area contributed by atoms with Crippen molar-refractivity contribution in [2.24, 2.45) is 0 Å². The average Bonchev–Trinajstić information content (AvgIpc) is 3.09. The van der Waals surface area contributed by atoms with Gasteiger partial charge in [-0.15, -0.1) is 11.3 Å². The van der Waals surface area contributed by atoms with Gasteiger partial charge in [-0.25, -0.2) is 4.98 Å². The van der Waals surface area contributed by atoms with E-state index in [2.05, 4.69) is 20.5 Å². The molecule has 1 saturated carbocycles. The predicted molar refractivity (Wildman–Crippen MR) is 81.4 cm³/mol. The molecule has 0 spiro atoms. The first-order valence-electron chi connectivity index (χ1n) is 6.97. The second-order valence-corrected chi connectivity index (χ2v) is 6.36. The Kier molecular flexibility index (Phi) is 2.96. The highest BCUT2D eigenvalue weighted by atomic mass is 32.1. The Labute approximate surface area is 125 Å². The molecule has 2 heterocycles. The maximum Gasteiger partial charge on any atom is 0.272 e. The van der Waals surface area contributed by atoms with E-state index in [1.807, 2.05) is 30.3 Å². The van der Waals surface area contributed by atoms with Crippen molar-refractivity contribution in [2.45, 2.75) is 25.3 Å². The number of nitrogens with zero attached hydrogens (tertiary/aromatic N) is 2. The maximum absolute atomic E-state index is 12.1. The summed E-state index contributed by atoms with van der Waals surface area (Å²) in [5.41, 5.74) is 2.50. The van der Waals surface area contributed by atoms with Crippen molar-refractivity contribution in [1.82, 2.24) is 20.5 Å². The third kappa shape index (κ3) is 2.54. The van der Waals surface area contributed by atoms with Crippen LogP contribution >= 0.6 is 11.3 Å². The minimum atomic E-state index is -0.155. The van der Waals surface area contributed by atoms with Gasteiger partial charge in [0.2, 0.25) is 0 Å². The number of rotatable bonds is 4. The second-order valence-electron chi connectivity index (χ2n) is 5.24. The number of aromatic nitrogens is 3. The summed E-state index contributed by atoms with van der Waals surface area (Å²) in [5, 5.41) is 10.8. The molecular weight excluding hydrogens is 284 g/mol. The lowest BCUT2D eigenvalue weighted by Crippen LogP contribution is -2.23. The van der Waals surface area contributed by atoms with Crippen molar-refractivity contribution in [3.63, 3.8) is 0 Å². The predicted octanol–water partition coefficient (Wildman–Crippen LogP) is 2.83. The van der Waals surface area contributed by atoms with Gasteiger partial charge in [-0.05, 0) is 31.0 Å². The molecule has 2 N–H and O–H groups in total. The van der Waals surface area contributed by atoms with Gasteiger partial charge in [-0.2, -0.15) is 5.10 Å². The average molecular weight is 298 g/mol. The molecule has 106 valence electrons. The van der Waals surface area contributed by atoms with Crippen LogP contribution in [0.1, 0.15) is 39.9 Å². The first-order chi connectivity index (χ1) is 10.3. The summed E-state index contributed by atoms with van der Waals surface area (Å²) in [7, 11) is 0. The second kappa shape index (κ2) is 4.96. The van der Waals surface area contributed by atoms with Crippen LogP contribution in [0.4, 0.5) is 0 Å². The zero-order valence-electron chi connectivity index (χ0n) is 11.3. The van der Waals surface area contributed by atoms with E-state index in [1.165, 1.54) is 12.8 Å². The Morgan fingerprint density at radius 1 is 1.38 bits per heavy atom. The van der Waals surface area contributed by atoms with E-state index >= 15 is 0 Å². The number of aromatic amines is 1. The standard InChI is InChI=1S/C15H14N4OS/c20-15(12-7-11(18-19-12)9-5-6-9)16-8-14-17-10-3-1-2-4-13(10)21-14/h1-4,7,9H,5-6,8H2,(H,16,20)(H,18,19). The molecule has 5 nitrogen and oxygen atoms in total. The van der Waals surface area contributed by atoms with Crippen molar-refractivity contribution in [3.05, 3.63) is 46.7 Å². The smallest absolute Gasteiger partial charge is 0.272 e. The number of hydrogen-bond acceptors (Lipinski definition) is 4. The first kappa shape index (κ1) is 12.5. The Bertz CT molecular complexity index is 770. The van der Waals surface area contributed by atoms with Crippen molar-refractivity contribution >= 4 is 27.5 Å². The van der Waals surface area contributed by atoms with Gasteiger partial charge < -0.3 is 5.32 Å². The van der Waals surface area contributed by atoms with Crippen molar-refractivity contribution in [3.8, 4) is 0 Å². The van der Waals surface area contributed by atoms with E-state index in [9.17, 15) is 4.79 Å². The van der Waals surface area contributed by atoms with E-state index < -0.39 is 0 Å². The molecule has 1 aromatic carbocycles. The minimum absolute atomic E-state index is 0.155. The van der Waals surface area contributed by atoms with Crippen molar-refractivity contribution in [1.29, 1.82) is 0 Å². The summed E-state index contributed by atoms with van der Waals surface area (Å²) >= 11 is 1.60. The molecule has 1 fully saturated rings. The Hall–Kier alpha value is -2.21. The molecule has 1 amide bonds. The Morgan fingerprint density at radius 3 is 3.05 bits per heavy atom. The van der Waals surface area contributed by atoms with Crippen molar-refractivity contribution in [2.75, 3.05) is 0 Å². The van der Waals surface area contributed by atoms with E-state index in [0.717, 1.165) is 20.9 Å². The summed E-state index contributed by atoms with van der Waals surface area (Å²) in [6.07, 6.45) is 2.38. The van der Waals surface area contributed by atoms with Crippen LogP contribution in [0.25, 0.3) is 10.2 Å². The monoisotopic (exact) mass is 298 g/mol.